The number of allylic oxidation sites excluding steroid dienone is 1. The lowest BCUT2D eigenvalue weighted by Gasteiger charge is -2.18. The molecule has 0 spiro atoms. The van der Waals surface area contributed by atoms with Crippen LogP contribution in [-0.4, -0.2) is 11.7 Å². The third kappa shape index (κ3) is 3.31. The fraction of sp³-hybridized carbons (Fsp3) is 0.750. The van der Waals surface area contributed by atoms with Crippen LogP contribution in [0.3, 0.4) is 0 Å². The van der Waals surface area contributed by atoms with Crippen molar-refractivity contribution in [2.75, 3.05) is 6.61 Å². The first-order valence-electron chi connectivity index (χ1n) is 3.26. The topological polar surface area (TPSA) is 20.2 Å². The largest absolute Gasteiger partial charge is 0.392 e. The van der Waals surface area contributed by atoms with Gasteiger partial charge in [-0.2, -0.15) is 0 Å². The molecule has 1 nitrogen and oxygen atoms in total. The lowest BCUT2D eigenvalue weighted by Crippen LogP contribution is -2.06. The van der Waals surface area contributed by atoms with Crippen molar-refractivity contribution < 1.29 is 5.11 Å². The van der Waals surface area contributed by atoms with Crippen LogP contribution in [0.25, 0.3) is 0 Å². The van der Waals surface area contributed by atoms with Gasteiger partial charge in [0.05, 0.1) is 6.61 Å². The molecule has 0 bridgehead atoms. The number of aliphatic hydroxyl groups is 1. The standard InChI is InChI=1S/C8H16O/c1-7(5-6-9)8(2,3)4/h5,9H,6H2,1-4H3. The summed E-state index contributed by atoms with van der Waals surface area (Å²) >= 11 is 0. The van der Waals surface area contributed by atoms with E-state index in [2.05, 4.69) is 20.8 Å². The van der Waals surface area contributed by atoms with Crippen molar-refractivity contribution in [3.63, 3.8) is 0 Å². The molecule has 0 atom stereocenters. The summed E-state index contributed by atoms with van der Waals surface area (Å²) in [6, 6.07) is 0. The van der Waals surface area contributed by atoms with Crippen molar-refractivity contribution in [3.05, 3.63) is 11.6 Å². The van der Waals surface area contributed by atoms with E-state index in [0.717, 1.165) is 0 Å². The summed E-state index contributed by atoms with van der Waals surface area (Å²) in [5, 5.41) is 8.52. The minimum atomic E-state index is 0.156. The summed E-state index contributed by atoms with van der Waals surface area (Å²) in [7, 11) is 0. The summed E-state index contributed by atoms with van der Waals surface area (Å²) in [6.07, 6.45) is 1.85. The molecule has 0 aromatic heterocycles. The Morgan fingerprint density at radius 1 is 1.44 bits per heavy atom. The molecule has 0 amide bonds. The van der Waals surface area contributed by atoms with E-state index in [1.54, 1.807) is 0 Å². The molecule has 0 aliphatic heterocycles. The molecule has 0 radical (unpaired) electrons. The molecule has 0 aromatic rings. The van der Waals surface area contributed by atoms with Crippen LogP contribution >= 0.6 is 0 Å². The lowest BCUT2D eigenvalue weighted by molar-refractivity contribution is 0.338. The Balaban J connectivity index is 4.03. The monoisotopic (exact) mass is 128 g/mol. The molecule has 0 fully saturated rings. The van der Waals surface area contributed by atoms with Crippen LogP contribution in [0.4, 0.5) is 0 Å². The van der Waals surface area contributed by atoms with Gasteiger partial charge >= 0.3 is 0 Å². The highest BCUT2D eigenvalue weighted by Crippen LogP contribution is 2.23. The molecule has 0 saturated carbocycles. The van der Waals surface area contributed by atoms with Crippen LogP contribution in [0, 0.1) is 5.41 Å². The molecule has 0 rings (SSSR count). The van der Waals surface area contributed by atoms with Crippen molar-refractivity contribution in [1.82, 2.24) is 0 Å². The maximum Gasteiger partial charge on any atom is 0.0615 e. The fourth-order valence-corrected chi connectivity index (χ4v) is 0.443. The third-order valence-corrected chi connectivity index (χ3v) is 1.58. The minimum Gasteiger partial charge on any atom is -0.392 e. The van der Waals surface area contributed by atoms with Crippen LogP contribution in [0.2, 0.25) is 0 Å². The second-order valence-corrected chi connectivity index (χ2v) is 3.32. The van der Waals surface area contributed by atoms with Gasteiger partial charge in [-0.05, 0) is 12.3 Å². The van der Waals surface area contributed by atoms with E-state index in [4.69, 9.17) is 5.11 Å². The normalized spacial score (nSPS) is 14.1. The highest BCUT2D eigenvalue weighted by molar-refractivity contribution is 5.06. The van der Waals surface area contributed by atoms with Crippen molar-refractivity contribution >= 4 is 0 Å². The van der Waals surface area contributed by atoms with E-state index in [1.165, 1.54) is 5.57 Å². The van der Waals surface area contributed by atoms with E-state index in [1.807, 2.05) is 13.0 Å². The van der Waals surface area contributed by atoms with Crippen molar-refractivity contribution in [2.24, 2.45) is 5.41 Å². The van der Waals surface area contributed by atoms with Crippen LogP contribution < -0.4 is 0 Å². The Kier molecular flexibility index (Phi) is 2.92. The zero-order valence-electron chi connectivity index (χ0n) is 6.73. The highest BCUT2D eigenvalue weighted by atomic mass is 16.2. The van der Waals surface area contributed by atoms with Crippen LogP contribution in [0.1, 0.15) is 27.7 Å². The number of rotatable bonds is 1. The molecule has 0 aliphatic rings. The van der Waals surface area contributed by atoms with Crippen molar-refractivity contribution in [1.29, 1.82) is 0 Å². The first kappa shape index (κ1) is 8.70. The van der Waals surface area contributed by atoms with Gasteiger partial charge in [-0.1, -0.05) is 32.4 Å². The predicted octanol–water partition coefficient (Wildman–Crippen LogP) is 1.97. The summed E-state index contributed by atoms with van der Waals surface area (Å²) in [6.45, 7) is 8.59. The number of aliphatic hydroxyl groups excluding tert-OH is 1. The third-order valence-electron chi connectivity index (χ3n) is 1.58. The molecular weight excluding hydrogens is 112 g/mol. The Hall–Kier alpha value is -0.300. The summed E-state index contributed by atoms with van der Waals surface area (Å²) in [4.78, 5) is 0. The summed E-state index contributed by atoms with van der Waals surface area (Å²) in [5.74, 6) is 0. The van der Waals surface area contributed by atoms with Gasteiger partial charge in [0.1, 0.15) is 0 Å². The zero-order chi connectivity index (χ0) is 7.49. The fourth-order valence-electron chi connectivity index (χ4n) is 0.443. The first-order valence-corrected chi connectivity index (χ1v) is 3.26. The first-order chi connectivity index (χ1) is 3.98. The van der Waals surface area contributed by atoms with Gasteiger partial charge in [-0.15, -0.1) is 0 Å². The van der Waals surface area contributed by atoms with Gasteiger partial charge in [-0.25, -0.2) is 0 Å². The zero-order valence-corrected chi connectivity index (χ0v) is 6.73. The van der Waals surface area contributed by atoms with Gasteiger partial charge in [0, 0.05) is 0 Å². The van der Waals surface area contributed by atoms with Crippen LogP contribution in [0.15, 0.2) is 11.6 Å². The van der Waals surface area contributed by atoms with E-state index >= 15 is 0 Å². The van der Waals surface area contributed by atoms with Gasteiger partial charge in [0.2, 0.25) is 0 Å². The van der Waals surface area contributed by atoms with Gasteiger partial charge in [0.15, 0.2) is 0 Å². The Labute approximate surface area is 57.4 Å². The molecule has 0 aromatic carbocycles. The molecular formula is C8H16O. The molecule has 0 aliphatic carbocycles. The molecule has 0 unspecified atom stereocenters. The maximum absolute atomic E-state index is 8.52. The molecule has 0 heterocycles. The van der Waals surface area contributed by atoms with Gasteiger partial charge < -0.3 is 5.11 Å². The molecule has 0 saturated heterocycles. The Bertz CT molecular complexity index is 106. The van der Waals surface area contributed by atoms with Crippen LogP contribution in [0.5, 0.6) is 0 Å². The second kappa shape index (κ2) is 3.02. The number of hydrogen-bond acceptors (Lipinski definition) is 1. The van der Waals surface area contributed by atoms with Gasteiger partial charge in [0.25, 0.3) is 0 Å². The maximum atomic E-state index is 8.52. The van der Waals surface area contributed by atoms with Crippen molar-refractivity contribution in [2.45, 2.75) is 27.7 Å². The molecule has 1 heteroatoms. The van der Waals surface area contributed by atoms with Crippen molar-refractivity contribution in [3.8, 4) is 0 Å². The lowest BCUT2D eigenvalue weighted by atomic mass is 9.87. The second-order valence-electron chi connectivity index (χ2n) is 3.32. The molecule has 1 N–H and O–H groups in total. The quantitative estimate of drug-likeness (QED) is 0.535. The summed E-state index contributed by atoms with van der Waals surface area (Å²) in [5.41, 5.74) is 1.45. The molecule has 54 valence electrons. The smallest absolute Gasteiger partial charge is 0.0615 e. The molecule has 9 heavy (non-hydrogen) atoms. The average molecular weight is 128 g/mol. The SMILES string of the molecule is CC(=CCO)C(C)(C)C. The minimum absolute atomic E-state index is 0.156. The number of hydrogen-bond donors (Lipinski definition) is 1. The summed E-state index contributed by atoms with van der Waals surface area (Å²) < 4.78 is 0. The van der Waals surface area contributed by atoms with Crippen LogP contribution in [-0.2, 0) is 0 Å². The van der Waals surface area contributed by atoms with E-state index in [-0.39, 0.29) is 12.0 Å². The van der Waals surface area contributed by atoms with E-state index in [0.29, 0.717) is 0 Å². The Morgan fingerprint density at radius 3 is 2.00 bits per heavy atom. The predicted molar refractivity (Wildman–Crippen MR) is 40.3 cm³/mol. The average Bonchev–Trinajstić information content (AvgIpc) is 1.64. The Morgan fingerprint density at radius 2 is 1.89 bits per heavy atom. The van der Waals surface area contributed by atoms with E-state index < -0.39 is 0 Å². The van der Waals surface area contributed by atoms with Gasteiger partial charge in [-0.3, -0.25) is 0 Å². The highest BCUT2D eigenvalue weighted by Gasteiger charge is 2.10. The van der Waals surface area contributed by atoms with E-state index in [9.17, 15) is 0 Å².